The number of fused-ring (bicyclic) bond motifs is 2. The van der Waals surface area contributed by atoms with Gasteiger partial charge >= 0.3 is 0 Å². The highest BCUT2D eigenvalue weighted by molar-refractivity contribution is 6.32. The van der Waals surface area contributed by atoms with Gasteiger partial charge in [0.05, 0.1) is 33.9 Å². The number of hydrogen-bond donors (Lipinski definition) is 2. The van der Waals surface area contributed by atoms with E-state index in [2.05, 4.69) is 9.98 Å². The van der Waals surface area contributed by atoms with Crippen molar-refractivity contribution in [2.45, 2.75) is 0 Å². The summed E-state index contributed by atoms with van der Waals surface area (Å²) in [6.07, 6.45) is 3.19. The van der Waals surface area contributed by atoms with Crippen LogP contribution in [-0.4, -0.2) is 24.0 Å². The molecule has 0 fully saturated rings. The van der Waals surface area contributed by atoms with Gasteiger partial charge in [-0.3, -0.25) is 19.6 Å². The molecule has 0 amide bonds. The van der Waals surface area contributed by atoms with E-state index in [9.17, 15) is 9.59 Å². The average molecular weight is 444 g/mol. The standard InChI is InChI=1S/C28H20N4O2/c29-25-17(15-31-19-7-3-1-4-8-19)11-13-21-23(25)27(33)22-14-12-18(26(30)24(22)28(21)34)16-32-20-9-5-2-6-10-20/h1-16H,29-30H2. The normalized spacial score (nSPS) is 12.8. The summed E-state index contributed by atoms with van der Waals surface area (Å²) < 4.78 is 0. The number of rotatable bonds is 4. The second-order valence-electron chi connectivity index (χ2n) is 7.83. The highest BCUT2D eigenvalue weighted by Gasteiger charge is 2.34. The molecule has 0 saturated carbocycles. The molecule has 0 atom stereocenters. The van der Waals surface area contributed by atoms with Crippen molar-refractivity contribution in [2.75, 3.05) is 11.5 Å². The Morgan fingerprint density at radius 2 is 0.912 bits per heavy atom. The SMILES string of the molecule is Nc1c(C=Nc2ccccc2)ccc2c1C(=O)c1ccc(C=Nc3ccccc3)c(N)c1C2=O. The van der Waals surface area contributed by atoms with Crippen molar-refractivity contribution in [3.63, 3.8) is 0 Å². The lowest BCUT2D eigenvalue weighted by atomic mass is 9.81. The Kier molecular flexibility index (Phi) is 5.32. The first kappa shape index (κ1) is 21.0. The molecule has 6 nitrogen and oxygen atoms in total. The predicted octanol–water partition coefficient (Wildman–Crippen LogP) is 5.13. The Hall–Kier alpha value is -4.84. The Balaban J connectivity index is 1.53. The minimum absolute atomic E-state index is 0.180. The number of aliphatic imine (C=N–C) groups is 2. The number of ketones is 2. The van der Waals surface area contributed by atoms with Gasteiger partial charge < -0.3 is 11.5 Å². The molecule has 0 unspecified atom stereocenters. The van der Waals surface area contributed by atoms with Crippen LogP contribution in [0.25, 0.3) is 0 Å². The van der Waals surface area contributed by atoms with E-state index >= 15 is 0 Å². The van der Waals surface area contributed by atoms with Crippen molar-refractivity contribution >= 4 is 46.7 Å². The molecule has 0 bridgehead atoms. The molecule has 0 aliphatic heterocycles. The number of nitrogen functional groups attached to an aromatic ring is 2. The molecule has 4 aromatic rings. The first-order valence-corrected chi connectivity index (χ1v) is 10.7. The molecule has 4 aromatic carbocycles. The molecule has 6 heteroatoms. The summed E-state index contributed by atoms with van der Waals surface area (Å²) >= 11 is 0. The molecule has 0 radical (unpaired) electrons. The van der Waals surface area contributed by atoms with Gasteiger partial charge in [0, 0.05) is 34.7 Å². The summed E-state index contributed by atoms with van der Waals surface area (Å²) in [4.78, 5) is 35.6. The minimum atomic E-state index is -0.338. The fourth-order valence-electron chi connectivity index (χ4n) is 3.95. The van der Waals surface area contributed by atoms with Crippen molar-refractivity contribution in [1.82, 2.24) is 0 Å². The summed E-state index contributed by atoms with van der Waals surface area (Å²) in [6, 6.07) is 25.3. The number of nitrogens with zero attached hydrogens (tertiary/aromatic N) is 2. The third kappa shape index (κ3) is 3.67. The van der Waals surface area contributed by atoms with Crippen molar-refractivity contribution < 1.29 is 9.59 Å². The zero-order valence-corrected chi connectivity index (χ0v) is 18.1. The lowest BCUT2D eigenvalue weighted by molar-refractivity contribution is 0.0980. The van der Waals surface area contributed by atoms with E-state index in [0.717, 1.165) is 11.4 Å². The number of carbonyl (C=O) groups excluding carboxylic acids is 2. The first-order valence-electron chi connectivity index (χ1n) is 10.7. The van der Waals surface area contributed by atoms with E-state index in [1.54, 1.807) is 36.7 Å². The lowest BCUT2D eigenvalue weighted by Crippen LogP contribution is -2.25. The minimum Gasteiger partial charge on any atom is -0.398 e. The largest absolute Gasteiger partial charge is 0.398 e. The van der Waals surface area contributed by atoms with Gasteiger partial charge in [-0.15, -0.1) is 0 Å². The van der Waals surface area contributed by atoms with Crippen LogP contribution in [0, 0.1) is 0 Å². The molecule has 0 heterocycles. The third-order valence-electron chi connectivity index (χ3n) is 5.72. The quantitative estimate of drug-likeness (QED) is 0.296. The van der Waals surface area contributed by atoms with Gasteiger partial charge in [0.2, 0.25) is 0 Å². The van der Waals surface area contributed by atoms with Crippen LogP contribution in [0.3, 0.4) is 0 Å². The highest BCUT2D eigenvalue weighted by Crippen LogP contribution is 2.36. The molecule has 0 saturated heterocycles. The van der Waals surface area contributed by atoms with Gasteiger partial charge in [-0.05, 0) is 36.4 Å². The fraction of sp³-hybridized carbons (Fsp3) is 0. The van der Waals surface area contributed by atoms with Gasteiger partial charge in [0.15, 0.2) is 11.6 Å². The second kappa shape index (κ2) is 8.60. The van der Waals surface area contributed by atoms with Crippen LogP contribution in [0.2, 0.25) is 0 Å². The molecule has 5 rings (SSSR count). The van der Waals surface area contributed by atoms with Crippen LogP contribution in [0.15, 0.2) is 94.9 Å². The molecular weight excluding hydrogens is 424 g/mol. The van der Waals surface area contributed by atoms with Crippen molar-refractivity contribution in [2.24, 2.45) is 9.98 Å². The van der Waals surface area contributed by atoms with E-state index in [0.29, 0.717) is 11.1 Å². The van der Waals surface area contributed by atoms with Crippen LogP contribution in [0.1, 0.15) is 43.0 Å². The zero-order chi connectivity index (χ0) is 23.7. The molecule has 1 aliphatic carbocycles. The number of anilines is 2. The summed E-state index contributed by atoms with van der Waals surface area (Å²) in [5.74, 6) is -0.675. The number of carbonyl (C=O) groups is 2. The second-order valence-corrected chi connectivity index (χ2v) is 7.83. The number of nitrogens with two attached hydrogens (primary N) is 2. The number of benzene rings is 4. The predicted molar refractivity (Wildman–Crippen MR) is 136 cm³/mol. The van der Waals surface area contributed by atoms with Crippen LogP contribution in [0.5, 0.6) is 0 Å². The van der Waals surface area contributed by atoms with Gasteiger partial charge in [-0.25, -0.2) is 0 Å². The van der Waals surface area contributed by atoms with Crippen LogP contribution < -0.4 is 11.5 Å². The maximum Gasteiger partial charge on any atom is 0.196 e. The van der Waals surface area contributed by atoms with E-state index in [4.69, 9.17) is 11.5 Å². The Morgan fingerprint density at radius 3 is 1.29 bits per heavy atom. The van der Waals surface area contributed by atoms with Gasteiger partial charge in [-0.1, -0.05) is 48.5 Å². The topological polar surface area (TPSA) is 111 Å². The summed E-state index contributed by atoms with van der Waals surface area (Å²) in [5, 5.41) is 0. The Morgan fingerprint density at radius 1 is 0.529 bits per heavy atom. The number of para-hydroxylation sites is 2. The molecule has 4 N–H and O–H groups in total. The summed E-state index contributed by atoms with van der Waals surface area (Å²) in [7, 11) is 0. The van der Waals surface area contributed by atoms with Crippen molar-refractivity contribution in [3.8, 4) is 0 Å². The van der Waals surface area contributed by atoms with E-state index in [-0.39, 0.29) is 45.2 Å². The highest BCUT2D eigenvalue weighted by atomic mass is 16.1. The van der Waals surface area contributed by atoms with Crippen molar-refractivity contribution in [1.29, 1.82) is 0 Å². The molecular formula is C28H20N4O2. The van der Waals surface area contributed by atoms with Crippen LogP contribution in [0.4, 0.5) is 22.7 Å². The number of hydrogen-bond acceptors (Lipinski definition) is 6. The zero-order valence-electron chi connectivity index (χ0n) is 18.1. The maximum atomic E-state index is 13.4. The summed E-state index contributed by atoms with van der Waals surface area (Å²) in [5.41, 5.74) is 16.6. The van der Waals surface area contributed by atoms with Gasteiger partial charge in [0.25, 0.3) is 0 Å². The van der Waals surface area contributed by atoms with Crippen LogP contribution >= 0.6 is 0 Å². The molecule has 0 spiro atoms. The Bertz CT molecular complexity index is 1380. The molecule has 0 aromatic heterocycles. The summed E-state index contributed by atoms with van der Waals surface area (Å²) in [6.45, 7) is 0. The van der Waals surface area contributed by atoms with Gasteiger partial charge in [0.1, 0.15) is 0 Å². The monoisotopic (exact) mass is 444 g/mol. The van der Waals surface area contributed by atoms with E-state index in [1.807, 2.05) is 60.7 Å². The Labute approximate surface area is 196 Å². The average Bonchev–Trinajstić information content (AvgIpc) is 2.87. The first-order chi connectivity index (χ1) is 16.5. The molecule has 34 heavy (non-hydrogen) atoms. The maximum absolute atomic E-state index is 13.4. The van der Waals surface area contributed by atoms with E-state index in [1.165, 1.54) is 0 Å². The molecule has 164 valence electrons. The molecule has 1 aliphatic rings. The fourth-order valence-corrected chi connectivity index (χ4v) is 3.95. The van der Waals surface area contributed by atoms with Gasteiger partial charge in [-0.2, -0.15) is 0 Å². The van der Waals surface area contributed by atoms with E-state index < -0.39 is 0 Å². The van der Waals surface area contributed by atoms with Crippen molar-refractivity contribution in [3.05, 3.63) is 118 Å². The smallest absolute Gasteiger partial charge is 0.196 e. The van der Waals surface area contributed by atoms with Crippen LogP contribution in [-0.2, 0) is 0 Å². The lowest BCUT2D eigenvalue weighted by Gasteiger charge is -2.22. The third-order valence-corrected chi connectivity index (χ3v) is 5.72.